The fourth-order valence-corrected chi connectivity index (χ4v) is 3.43. The Morgan fingerprint density at radius 1 is 1.03 bits per heavy atom. The molecular formula is C22H26F2N4O2. The summed E-state index contributed by atoms with van der Waals surface area (Å²) in [7, 11) is 0. The van der Waals surface area contributed by atoms with Crippen LogP contribution in [0.15, 0.2) is 36.4 Å². The summed E-state index contributed by atoms with van der Waals surface area (Å²) in [5.74, 6) is -2.95. The topological polar surface area (TPSA) is 64.7 Å². The van der Waals surface area contributed by atoms with Gasteiger partial charge in [0.25, 0.3) is 5.91 Å². The lowest BCUT2D eigenvalue weighted by molar-refractivity contribution is -0.115. The molecule has 0 unspecified atom stereocenters. The molecule has 0 spiro atoms. The summed E-state index contributed by atoms with van der Waals surface area (Å²) < 4.78 is 26.6. The monoisotopic (exact) mass is 416 g/mol. The first-order valence-corrected chi connectivity index (χ1v) is 9.98. The summed E-state index contributed by atoms with van der Waals surface area (Å²) in [6.07, 6.45) is 0. The van der Waals surface area contributed by atoms with E-state index in [0.29, 0.717) is 11.8 Å². The molecule has 0 radical (unpaired) electrons. The molecule has 1 aliphatic rings. The number of carbonyl (C=O) groups excluding carboxylic acids is 2. The highest BCUT2D eigenvalue weighted by Gasteiger charge is 2.17. The smallest absolute Gasteiger partial charge is 0.254 e. The van der Waals surface area contributed by atoms with Crippen LogP contribution < -0.4 is 15.5 Å². The molecule has 30 heavy (non-hydrogen) atoms. The van der Waals surface area contributed by atoms with Crippen LogP contribution in [0.4, 0.5) is 20.2 Å². The van der Waals surface area contributed by atoms with Crippen LogP contribution in [0, 0.1) is 18.6 Å². The molecule has 2 aromatic rings. The number of carbonyl (C=O) groups is 2. The van der Waals surface area contributed by atoms with Gasteiger partial charge in [0.2, 0.25) is 5.91 Å². The summed E-state index contributed by atoms with van der Waals surface area (Å²) in [6, 6.07) is 8.50. The molecule has 0 atom stereocenters. The van der Waals surface area contributed by atoms with E-state index in [1.54, 1.807) is 0 Å². The zero-order valence-electron chi connectivity index (χ0n) is 17.2. The number of likely N-dealkylation sites (N-methyl/N-ethyl adjacent to an activating group) is 1. The molecule has 0 aliphatic carbocycles. The molecule has 3 rings (SSSR count). The quantitative estimate of drug-likeness (QED) is 0.760. The predicted molar refractivity (Wildman–Crippen MR) is 113 cm³/mol. The van der Waals surface area contributed by atoms with Crippen LogP contribution in [0.2, 0.25) is 0 Å². The number of hydrogen-bond acceptors (Lipinski definition) is 4. The number of rotatable bonds is 6. The van der Waals surface area contributed by atoms with Gasteiger partial charge in [-0.2, -0.15) is 0 Å². The zero-order valence-corrected chi connectivity index (χ0v) is 17.2. The standard InChI is InChI=1S/C22H26F2N4O2/c1-3-27-8-10-28(11-9-27)17-5-7-20(15(2)12-17)26-21(29)14-25-22(30)18-6-4-16(23)13-19(18)24/h4-7,12-13H,3,8-11,14H2,1-2H3,(H,25,30)(H,26,29). The van der Waals surface area contributed by atoms with Crippen molar-refractivity contribution in [1.29, 1.82) is 0 Å². The van der Waals surface area contributed by atoms with Crippen molar-refractivity contribution in [2.24, 2.45) is 0 Å². The van der Waals surface area contributed by atoms with E-state index >= 15 is 0 Å². The van der Waals surface area contributed by atoms with E-state index in [1.807, 2.05) is 25.1 Å². The van der Waals surface area contributed by atoms with Crippen molar-refractivity contribution in [3.05, 3.63) is 59.2 Å². The summed E-state index contributed by atoms with van der Waals surface area (Å²) in [5.41, 5.74) is 2.36. The molecule has 8 heteroatoms. The third-order valence-corrected chi connectivity index (χ3v) is 5.25. The third-order valence-electron chi connectivity index (χ3n) is 5.25. The van der Waals surface area contributed by atoms with E-state index < -0.39 is 23.4 Å². The maximum Gasteiger partial charge on any atom is 0.254 e. The highest BCUT2D eigenvalue weighted by atomic mass is 19.1. The van der Waals surface area contributed by atoms with E-state index in [1.165, 1.54) is 0 Å². The first kappa shape index (κ1) is 21.7. The number of halogens is 2. The minimum Gasteiger partial charge on any atom is -0.369 e. The van der Waals surface area contributed by atoms with Crippen molar-refractivity contribution >= 4 is 23.2 Å². The molecule has 6 nitrogen and oxygen atoms in total. The van der Waals surface area contributed by atoms with Gasteiger partial charge >= 0.3 is 0 Å². The van der Waals surface area contributed by atoms with E-state index in [9.17, 15) is 18.4 Å². The Hall–Kier alpha value is -3.00. The van der Waals surface area contributed by atoms with Gasteiger partial charge in [-0.25, -0.2) is 8.78 Å². The van der Waals surface area contributed by atoms with Crippen molar-refractivity contribution in [3.63, 3.8) is 0 Å². The molecule has 1 saturated heterocycles. The van der Waals surface area contributed by atoms with Gasteiger partial charge < -0.3 is 20.4 Å². The zero-order chi connectivity index (χ0) is 21.7. The Morgan fingerprint density at radius 2 is 1.77 bits per heavy atom. The lowest BCUT2D eigenvalue weighted by Crippen LogP contribution is -2.46. The van der Waals surface area contributed by atoms with Crippen LogP contribution in [-0.4, -0.2) is 56.0 Å². The number of amides is 2. The summed E-state index contributed by atoms with van der Waals surface area (Å²) in [4.78, 5) is 28.9. The molecule has 0 aromatic heterocycles. The van der Waals surface area contributed by atoms with Crippen LogP contribution in [0.5, 0.6) is 0 Å². The minimum absolute atomic E-state index is 0.312. The number of piperazine rings is 1. The van der Waals surface area contributed by atoms with Crippen LogP contribution in [0.3, 0.4) is 0 Å². The molecule has 0 saturated carbocycles. The maximum atomic E-state index is 13.7. The Kier molecular flexibility index (Phi) is 6.99. The molecule has 1 aliphatic heterocycles. The average Bonchev–Trinajstić information content (AvgIpc) is 2.73. The fraction of sp³-hybridized carbons (Fsp3) is 0.364. The second-order valence-electron chi connectivity index (χ2n) is 7.28. The van der Waals surface area contributed by atoms with E-state index in [4.69, 9.17) is 0 Å². The van der Waals surface area contributed by atoms with Crippen molar-refractivity contribution in [2.75, 3.05) is 49.5 Å². The van der Waals surface area contributed by atoms with Gasteiger partial charge in [0.05, 0.1) is 12.1 Å². The Bertz CT molecular complexity index is 927. The number of nitrogens with zero attached hydrogens (tertiary/aromatic N) is 2. The lowest BCUT2D eigenvalue weighted by Gasteiger charge is -2.35. The summed E-state index contributed by atoms with van der Waals surface area (Å²) in [5, 5.41) is 5.10. The lowest BCUT2D eigenvalue weighted by atomic mass is 10.1. The first-order valence-electron chi connectivity index (χ1n) is 9.98. The van der Waals surface area contributed by atoms with Crippen molar-refractivity contribution in [2.45, 2.75) is 13.8 Å². The highest BCUT2D eigenvalue weighted by molar-refractivity contribution is 5.99. The predicted octanol–water partition coefficient (Wildman–Crippen LogP) is 2.78. The normalized spacial score (nSPS) is 14.5. The van der Waals surface area contributed by atoms with E-state index in [-0.39, 0.29) is 12.1 Å². The molecule has 1 fully saturated rings. The van der Waals surface area contributed by atoms with Gasteiger partial charge in [-0.3, -0.25) is 9.59 Å². The van der Waals surface area contributed by atoms with Gasteiger partial charge in [-0.1, -0.05) is 6.92 Å². The number of nitrogens with one attached hydrogen (secondary N) is 2. The molecule has 0 bridgehead atoms. The molecule has 160 valence electrons. The van der Waals surface area contributed by atoms with Gasteiger partial charge in [0.1, 0.15) is 11.6 Å². The Balaban J connectivity index is 1.54. The average molecular weight is 416 g/mol. The number of aryl methyl sites for hydroxylation is 1. The van der Waals surface area contributed by atoms with Crippen LogP contribution in [0.25, 0.3) is 0 Å². The SMILES string of the molecule is CCN1CCN(c2ccc(NC(=O)CNC(=O)c3ccc(F)cc3F)c(C)c2)CC1. The second-order valence-corrected chi connectivity index (χ2v) is 7.28. The van der Waals surface area contributed by atoms with Crippen LogP contribution >= 0.6 is 0 Å². The largest absolute Gasteiger partial charge is 0.369 e. The number of anilines is 2. The van der Waals surface area contributed by atoms with Crippen molar-refractivity contribution in [3.8, 4) is 0 Å². The van der Waals surface area contributed by atoms with E-state index in [2.05, 4.69) is 27.4 Å². The molecule has 2 aromatic carbocycles. The van der Waals surface area contributed by atoms with Crippen LogP contribution in [0.1, 0.15) is 22.8 Å². The van der Waals surface area contributed by atoms with Crippen molar-refractivity contribution in [1.82, 2.24) is 10.2 Å². The number of benzene rings is 2. The van der Waals surface area contributed by atoms with Gasteiger partial charge in [-0.05, 0) is 49.4 Å². The maximum absolute atomic E-state index is 13.7. The molecule has 1 heterocycles. The summed E-state index contributed by atoms with van der Waals surface area (Å²) >= 11 is 0. The van der Waals surface area contributed by atoms with E-state index in [0.717, 1.165) is 56.1 Å². The molecule has 2 N–H and O–H groups in total. The van der Waals surface area contributed by atoms with Gasteiger partial charge in [-0.15, -0.1) is 0 Å². The van der Waals surface area contributed by atoms with Gasteiger partial charge in [0.15, 0.2) is 0 Å². The van der Waals surface area contributed by atoms with Crippen LogP contribution in [-0.2, 0) is 4.79 Å². The fourth-order valence-electron chi connectivity index (χ4n) is 3.43. The first-order chi connectivity index (χ1) is 14.4. The summed E-state index contributed by atoms with van der Waals surface area (Å²) in [6.45, 7) is 8.79. The van der Waals surface area contributed by atoms with Crippen molar-refractivity contribution < 1.29 is 18.4 Å². The molecular weight excluding hydrogens is 390 g/mol. The Morgan fingerprint density at radius 3 is 2.40 bits per heavy atom. The number of hydrogen-bond donors (Lipinski definition) is 2. The third kappa shape index (κ3) is 5.33. The van der Waals surface area contributed by atoms with Gasteiger partial charge in [0, 0.05) is 43.6 Å². The minimum atomic E-state index is -0.973. The Labute approximate surface area is 174 Å². The highest BCUT2D eigenvalue weighted by Crippen LogP contribution is 2.23. The second kappa shape index (κ2) is 9.67. The molecule has 2 amide bonds.